The van der Waals surface area contributed by atoms with Crippen molar-refractivity contribution in [3.05, 3.63) is 0 Å². The Morgan fingerprint density at radius 1 is 1.16 bits per heavy atom. The Morgan fingerprint density at radius 2 is 1.89 bits per heavy atom. The van der Waals surface area contributed by atoms with Crippen LogP contribution in [0.2, 0.25) is 0 Å². The smallest absolute Gasteiger partial charge is 0.0690 e. The molecule has 3 aliphatic rings. The van der Waals surface area contributed by atoms with E-state index in [1.54, 1.807) is 0 Å². The molecule has 0 aromatic rings. The number of rotatable bonds is 4. The highest BCUT2D eigenvalue weighted by Gasteiger charge is 2.66. The fourth-order valence-electron chi connectivity index (χ4n) is 4.55. The minimum Gasteiger partial charge on any atom is -0.377 e. The van der Waals surface area contributed by atoms with Crippen LogP contribution in [0.25, 0.3) is 0 Å². The summed E-state index contributed by atoms with van der Waals surface area (Å²) < 4.78 is 5.96. The van der Waals surface area contributed by atoms with Crippen molar-refractivity contribution in [2.45, 2.75) is 64.5 Å². The number of fused-ring (bicyclic) bond motifs is 1. The van der Waals surface area contributed by atoms with Crippen molar-refractivity contribution < 1.29 is 4.74 Å². The highest BCUT2D eigenvalue weighted by molar-refractivity contribution is 5.20. The van der Waals surface area contributed by atoms with Gasteiger partial charge < -0.3 is 15.8 Å². The first-order chi connectivity index (χ1) is 8.89. The van der Waals surface area contributed by atoms with Gasteiger partial charge in [0.2, 0.25) is 0 Å². The third-order valence-corrected chi connectivity index (χ3v) is 6.42. The molecule has 0 aromatic carbocycles. The molecule has 0 aromatic heterocycles. The van der Waals surface area contributed by atoms with Crippen LogP contribution in [0.5, 0.6) is 0 Å². The van der Waals surface area contributed by atoms with Crippen LogP contribution in [-0.4, -0.2) is 31.3 Å². The summed E-state index contributed by atoms with van der Waals surface area (Å²) in [5.41, 5.74) is 7.33. The van der Waals surface area contributed by atoms with Gasteiger partial charge in [0.1, 0.15) is 0 Å². The van der Waals surface area contributed by atoms with Crippen molar-refractivity contribution in [1.29, 1.82) is 0 Å². The maximum Gasteiger partial charge on any atom is 0.0690 e. The predicted octanol–water partition coefficient (Wildman–Crippen LogP) is 2.30. The predicted molar refractivity (Wildman–Crippen MR) is 78.0 cm³/mol. The van der Waals surface area contributed by atoms with E-state index >= 15 is 0 Å². The highest BCUT2D eigenvalue weighted by Crippen LogP contribution is 2.57. The van der Waals surface area contributed by atoms with Crippen molar-refractivity contribution >= 4 is 0 Å². The number of hydrogen-bond acceptors (Lipinski definition) is 3. The van der Waals surface area contributed by atoms with Crippen LogP contribution >= 0.6 is 0 Å². The van der Waals surface area contributed by atoms with E-state index in [2.05, 4.69) is 26.1 Å². The molecule has 19 heavy (non-hydrogen) atoms. The lowest BCUT2D eigenvalue weighted by atomic mass is 9.46. The normalized spacial score (nSPS) is 42.9. The lowest BCUT2D eigenvalue weighted by molar-refractivity contribution is -0.226. The second kappa shape index (κ2) is 4.44. The Bertz CT molecular complexity index is 351. The van der Waals surface area contributed by atoms with Gasteiger partial charge >= 0.3 is 0 Å². The van der Waals surface area contributed by atoms with Gasteiger partial charge in [-0.25, -0.2) is 0 Å². The average Bonchev–Trinajstić information content (AvgIpc) is 2.36. The molecule has 3 unspecified atom stereocenters. The summed E-state index contributed by atoms with van der Waals surface area (Å²) in [4.78, 5) is 0. The zero-order valence-electron chi connectivity index (χ0n) is 12.8. The van der Waals surface area contributed by atoms with E-state index in [4.69, 9.17) is 10.5 Å². The van der Waals surface area contributed by atoms with Gasteiger partial charge in [-0.1, -0.05) is 27.2 Å². The number of nitrogens with two attached hydrogens (primary N) is 1. The minimum atomic E-state index is -0.0851. The monoisotopic (exact) mass is 266 g/mol. The summed E-state index contributed by atoms with van der Waals surface area (Å²) >= 11 is 0. The molecular weight excluding hydrogens is 236 g/mol. The second-order valence-electron chi connectivity index (χ2n) is 8.07. The first-order valence-corrected chi connectivity index (χ1v) is 8.00. The highest BCUT2D eigenvalue weighted by atomic mass is 16.5. The summed E-state index contributed by atoms with van der Waals surface area (Å²) in [7, 11) is 0. The van der Waals surface area contributed by atoms with Crippen molar-refractivity contribution in [3.8, 4) is 0 Å². The maximum atomic E-state index is 6.78. The van der Waals surface area contributed by atoms with Gasteiger partial charge in [-0.05, 0) is 31.1 Å². The SMILES string of the molecule is CC1(CNCC2(N)C3CCCOC3C2(C)C)CCC1. The van der Waals surface area contributed by atoms with Crippen molar-refractivity contribution in [3.63, 3.8) is 0 Å². The van der Waals surface area contributed by atoms with Gasteiger partial charge in [0, 0.05) is 36.6 Å². The molecule has 2 saturated carbocycles. The molecule has 1 heterocycles. The van der Waals surface area contributed by atoms with Gasteiger partial charge in [-0.2, -0.15) is 0 Å². The quantitative estimate of drug-likeness (QED) is 0.821. The standard InChI is InChI=1S/C16H30N2O/c1-14(2)13-12(6-4-9-19-13)16(14,17)11-18-10-15(3)7-5-8-15/h12-13,18H,4-11,17H2,1-3H3. The zero-order chi connectivity index (χ0) is 13.7. The Labute approximate surface area is 117 Å². The number of nitrogens with one attached hydrogen (secondary N) is 1. The summed E-state index contributed by atoms with van der Waals surface area (Å²) in [6, 6.07) is 0. The minimum absolute atomic E-state index is 0.0851. The molecule has 3 rings (SSSR count). The van der Waals surface area contributed by atoms with Gasteiger partial charge in [-0.15, -0.1) is 0 Å². The zero-order valence-corrected chi connectivity index (χ0v) is 12.8. The van der Waals surface area contributed by atoms with E-state index in [1.165, 1.54) is 32.1 Å². The molecule has 0 amide bonds. The Balaban J connectivity index is 1.59. The molecule has 1 saturated heterocycles. The molecule has 2 aliphatic carbocycles. The first-order valence-electron chi connectivity index (χ1n) is 8.00. The molecule has 3 fully saturated rings. The van der Waals surface area contributed by atoms with Gasteiger partial charge in [0.05, 0.1) is 6.10 Å². The average molecular weight is 266 g/mol. The van der Waals surface area contributed by atoms with E-state index in [1.807, 2.05) is 0 Å². The molecule has 3 atom stereocenters. The topological polar surface area (TPSA) is 47.3 Å². The van der Waals surface area contributed by atoms with Gasteiger partial charge in [-0.3, -0.25) is 0 Å². The van der Waals surface area contributed by atoms with E-state index in [0.29, 0.717) is 17.4 Å². The molecule has 0 radical (unpaired) electrons. The molecule has 110 valence electrons. The molecule has 0 spiro atoms. The van der Waals surface area contributed by atoms with E-state index in [9.17, 15) is 0 Å². The van der Waals surface area contributed by atoms with Crippen molar-refractivity contribution in [1.82, 2.24) is 5.32 Å². The summed E-state index contributed by atoms with van der Waals surface area (Å²) in [5, 5.41) is 3.68. The van der Waals surface area contributed by atoms with E-state index in [-0.39, 0.29) is 11.0 Å². The molecule has 0 bridgehead atoms. The third-order valence-electron chi connectivity index (χ3n) is 6.42. The van der Waals surface area contributed by atoms with E-state index in [0.717, 1.165) is 19.7 Å². The van der Waals surface area contributed by atoms with Gasteiger partial charge in [0.15, 0.2) is 0 Å². The lowest BCUT2D eigenvalue weighted by Gasteiger charge is -2.66. The third kappa shape index (κ3) is 1.97. The summed E-state index contributed by atoms with van der Waals surface area (Å²) in [6.45, 7) is 9.95. The van der Waals surface area contributed by atoms with Crippen LogP contribution in [0.4, 0.5) is 0 Å². The fourth-order valence-corrected chi connectivity index (χ4v) is 4.55. The van der Waals surface area contributed by atoms with Crippen LogP contribution in [-0.2, 0) is 4.74 Å². The van der Waals surface area contributed by atoms with Crippen LogP contribution < -0.4 is 11.1 Å². The van der Waals surface area contributed by atoms with E-state index < -0.39 is 0 Å². The molecule has 3 nitrogen and oxygen atoms in total. The van der Waals surface area contributed by atoms with Crippen LogP contribution in [0.15, 0.2) is 0 Å². The first kappa shape index (κ1) is 13.8. The maximum absolute atomic E-state index is 6.78. The lowest BCUT2D eigenvalue weighted by Crippen LogP contribution is -2.80. The van der Waals surface area contributed by atoms with Crippen LogP contribution in [0.1, 0.15) is 52.9 Å². The van der Waals surface area contributed by atoms with Crippen molar-refractivity contribution in [2.24, 2.45) is 22.5 Å². The number of hydrogen-bond donors (Lipinski definition) is 2. The molecule has 3 N–H and O–H groups in total. The Hall–Kier alpha value is -0.120. The summed E-state index contributed by atoms with van der Waals surface area (Å²) in [6.07, 6.45) is 6.94. The van der Waals surface area contributed by atoms with Gasteiger partial charge in [0.25, 0.3) is 0 Å². The molecular formula is C16H30N2O. The largest absolute Gasteiger partial charge is 0.377 e. The fraction of sp³-hybridized carbons (Fsp3) is 1.00. The Morgan fingerprint density at radius 3 is 2.53 bits per heavy atom. The number of ether oxygens (including phenoxy) is 1. The Kier molecular flexibility index (Phi) is 3.23. The summed E-state index contributed by atoms with van der Waals surface area (Å²) in [5.74, 6) is 0.554. The molecule has 3 heteroatoms. The van der Waals surface area contributed by atoms with Crippen LogP contribution in [0, 0.1) is 16.7 Å². The van der Waals surface area contributed by atoms with Crippen molar-refractivity contribution in [2.75, 3.05) is 19.7 Å². The second-order valence-corrected chi connectivity index (χ2v) is 8.07. The molecule has 1 aliphatic heterocycles. The van der Waals surface area contributed by atoms with Crippen LogP contribution in [0.3, 0.4) is 0 Å².